The molecule has 0 unspecified atom stereocenters. The maximum absolute atomic E-state index is 14.1. The van der Waals surface area contributed by atoms with Gasteiger partial charge in [0.05, 0.1) is 12.1 Å². The maximum Gasteiger partial charge on any atom is 0.397 e. The van der Waals surface area contributed by atoms with Crippen molar-refractivity contribution < 1.29 is 27.1 Å². The van der Waals surface area contributed by atoms with Crippen molar-refractivity contribution in [1.29, 1.82) is 0 Å². The molecule has 0 aromatic heterocycles. The summed E-state index contributed by atoms with van der Waals surface area (Å²) in [5, 5.41) is 2.10. The van der Waals surface area contributed by atoms with Gasteiger partial charge in [-0.1, -0.05) is 0 Å². The highest BCUT2D eigenvalue weighted by atomic mass is 19.4. The lowest BCUT2D eigenvalue weighted by atomic mass is 9.88. The molecular weight excluding hydrogens is 318 g/mol. The Kier molecular flexibility index (Phi) is 4.49. The summed E-state index contributed by atoms with van der Waals surface area (Å²) in [6.07, 6.45) is -5.89. The zero-order chi connectivity index (χ0) is 17.3. The van der Waals surface area contributed by atoms with Crippen LogP contribution in [0.4, 0.5) is 23.2 Å². The van der Waals surface area contributed by atoms with Crippen molar-refractivity contribution in [2.75, 3.05) is 11.9 Å². The molecule has 9 heteroatoms. The van der Waals surface area contributed by atoms with Crippen molar-refractivity contribution in [1.82, 2.24) is 0 Å². The first-order chi connectivity index (χ1) is 10.6. The molecule has 23 heavy (non-hydrogen) atoms. The quantitative estimate of drug-likeness (QED) is 0.835. The minimum atomic E-state index is -4.61. The van der Waals surface area contributed by atoms with Crippen LogP contribution in [0.15, 0.2) is 23.2 Å². The number of nitrogens with one attached hydrogen (secondary N) is 1. The Bertz CT molecular complexity index is 645. The number of halogens is 4. The number of amides is 1. The van der Waals surface area contributed by atoms with Gasteiger partial charge in [-0.3, -0.25) is 4.79 Å². The van der Waals surface area contributed by atoms with Gasteiger partial charge in [0.2, 0.25) is 5.91 Å². The molecule has 2 rings (SSSR count). The van der Waals surface area contributed by atoms with Gasteiger partial charge >= 0.3 is 6.18 Å². The highest BCUT2D eigenvalue weighted by molar-refractivity contribution is 5.91. The fourth-order valence-electron chi connectivity index (χ4n) is 2.28. The van der Waals surface area contributed by atoms with E-state index in [9.17, 15) is 22.4 Å². The lowest BCUT2D eigenvalue weighted by molar-refractivity contribution is -0.150. The van der Waals surface area contributed by atoms with E-state index in [1.54, 1.807) is 6.92 Å². The molecule has 1 amide bonds. The standard InChI is InChI=1S/C14H15F4N3O2/c1-13(4-5-23-12(19)21-13)9-6-8(2-3-10(9)15)20-11(22)7-14(16,17)18/h2-3,6H,4-5,7H2,1H3,(H2,19,21)(H,20,22)/t13-/m1/s1. The lowest BCUT2D eigenvalue weighted by Crippen LogP contribution is -2.34. The number of nitrogens with two attached hydrogens (primary N) is 1. The summed E-state index contributed by atoms with van der Waals surface area (Å²) in [7, 11) is 0. The summed E-state index contributed by atoms with van der Waals surface area (Å²) in [6, 6.07) is 3.41. The molecule has 0 saturated heterocycles. The fraction of sp³-hybridized carbons (Fsp3) is 0.429. The summed E-state index contributed by atoms with van der Waals surface area (Å²) in [6.45, 7) is 1.86. The molecule has 3 N–H and O–H groups in total. The average Bonchev–Trinajstić information content (AvgIpc) is 2.38. The van der Waals surface area contributed by atoms with E-state index in [0.29, 0.717) is 6.42 Å². The van der Waals surface area contributed by atoms with Gasteiger partial charge in [-0.25, -0.2) is 9.38 Å². The summed E-state index contributed by atoms with van der Waals surface area (Å²) in [5.41, 5.74) is 4.65. The third kappa shape index (κ3) is 4.33. The monoisotopic (exact) mass is 333 g/mol. The number of alkyl halides is 3. The molecular formula is C14H15F4N3O2. The van der Waals surface area contributed by atoms with Crippen LogP contribution in [0.25, 0.3) is 0 Å². The summed E-state index contributed by atoms with van der Waals surface area (Å²) in [5.74, 6) is -1.82. The van der Waals surface area contributed by atoms with Gasteiger partial charge in [-0.15, -0.1) is 0 Å². The van der Waals surface area contributed by atoms with Gasteiger partial charge in [0, 0.05) is 17.7 Å². The number of hydrogen-bond donors (Lipinski definition) is 2. The minimum absolute atomic E-state index is 0.0529. The highest BCUT2D eigenvalue weighted by Crippen LogP contribution is 2.35. The van der Waals surface area contributed by atoms with Gasteiger partial charge < -0.3 is 15.8 Å². The van der Waals surface area contributed by atoms with Crippen LogP contribution in [-0.4, -0.2) is 24.7 Å². The zero-order valence-corrected chi connectivity index (χ0v) is 12.2. The Labute approximate surface area is 129 Å². The van der Waals surface area contributed by atoms with Gasteiger partial charge in [-0.05, 0) is 25.1 Å². The molecule has 0 bridgehead atoms. The van der Waals surface area contributed by atoms with Gasteiger partial charge in [0.15, 0.2) is 0 Å². The van der Waals surface area contributed by atoms with E-state index in [2.05, 4.69) is 10.3 Å². The summed E-state index contributed by atoms with van der Waals surface area (Å²) >= 11 is 0. The highest BCUT2D eigenvalue weighted by Gasteiger charge is 2.34. The number of carbonyl (C=O) groups excluding carboxylic acids is 1. The Morgan fingerprint density at radius 3 is 2.78 bits per heavy atom. The van der Waals surface area contributed by atoms with Crippen LogP contribution in [0.1, 0.15) is 25.3 Å². The van der Waals surface area contributed by atoms with E-state index in [1.165, 1.54) is 12.1 Å². The lowest BCUT2D eigenvalue weighted by Gasteiger charge is -2.30. The number of anilines is 1. The van der Waals surface area contributed by atoms with E-state index >= 15 is 0 Å². The second-order valence-corrected chi connectivity index (χ2v) is 5.36. The van der Waals surface area contributed by atoms with Crippen LogP contribution in [0, 0.1) is 5.82 Å². The SMILES string of the molecule is C[C@]1(c2cc(NC(=O)CC(F)(F)F)ccc2F)CCOC(N)=N1. The number of ether oxygens (including phenoxy) is 1. The second-order valence-electron chi connectivity index (χ2n) is 5.36. The number of hydrogen-bond acceptors (Lipinski definition) is 4. The van der Waals surface area contributed by atoms with Crippen LogP contribution in [0.5, 0.6) is 0 Å². The summed E-state index contributed by atoms with van der Waals surface area (Å²) < 4.78 is 55.6. The minimum Gasteiger partial charge on any atom is -0.465 e. The second kappa shape index (κ2) is 6.05. The molecule has 0 saturated carbocycles. The third-order valence-electron chi connectivity index (χ3n) is 3.39. The summed E-state index contributed by atoms with van der Waals surface area (Å²) in [4.78, 5) is 15.4. The first-order valence-electron chi connectivity index (χ1n) is 6.74. The first kappa shape index (κ1) is 17.0. The molecule has 0 spiro atoms. The third-order valence-corrected chi connectivity index (χ3v) is 3.39. The molecule has 0 aliphatic carbocycles. The number of benzene rings is 1. The maximum atomic E-state index is 14.1. The molecule has 0 fully saturated rings. The number of amidine groups is 1. The Morgan fingerprint density at radius 1 is 1.48 bits per heavy atom. The zero-order valence-electron chi connectivity index (χ0n) is 12.2. The Hall–Kier alpha value is -2.32. The Morgan fingerprint density at radius 2 is 2.17 bits per heavy atom. The fourth-order valence-corrected chi connectivity index (χ4v) is 2.28. The number of aliphatic imine (C=N–C) groups is 1. The van der Waals surface area contributed by atoms with Crippen molar-refractivity contribution in [2.45, 2.75) is 31.5 Å². The van der Waals surface area contributed by atoms with Crippen molar-refractivity contribution in [3.8, 4) is 0 Å². The molecule has 126 valence electrons. The number of nitrogens with zero attached hydrogens (tertiary/aromatic N) is 1. The van der Waals surface area contributed by atoms with Crippen LogP contribution in [-0.2, 0) is 15.1 Å². The largest absolute Gasteiger partial charge is 0.465 e. The van der Waals surface area contributed by atoms with Crippen LogP contribution >= 0.6 is 0 Å². The van der Waals surface area contributed by atoms with Crippen molar-refractivity contribution in [2.24, 2.45) is 10.7 Å². The Balaban J connectivity index is 2.26. The molecule has 1 atom stereocenters. The van der Waals surface area contributed by atoms with Crippen LogP contribution in [0.2, 0.25) is 0 Å². The van der Waals surface area contributed by atoms with E-state index in [1.807, 2.05) is 0 Å². The van der Waals surface area contributed by atoms with E-state index < -0.39 is 29.9 Å². The van der Waals surface area contributed by atoms with Gasteiger partial charge in [0.1, 0.15) is 12.2 Å². The average molecular weight is 333 g/mol. The molecule has 1 aliphatic heterocycles. The van der Waals surface area contributed by atoms with Gasteiger partial charge in [0.25, 0.3) is 6.02 Å². The number of rotatable bonds is 3. The van der Waals surface area contributed by atoms with Crippen LogP contribution in [0.3, 0.4) is 0 Å². The molecule has 1 aromatic carbocycles. The van der Waals surface area contributed by atoms with Gasteiger partial charge in [-0.2, -0.15) is 13.2 Å². The number of carbonyl (C=O) groups is 1. The normalized spacial score (nSPS) is 21.3. The molecule has 0 radical (unpaired) electrons. The van der Waals surface area contributed by atoms with E-state index in [4.69, 9.17) is 10.5 Å². The smallest absolute Gasteiger partial charge is 0.397 e. The molecule has 1 heterocycles. The predicted molar refractivity (Wildman–Crippen MR) is 75.2 cm³/mol. The molecule has 1 aromatic rings. The molecule has 5 nitrogen and oxygen atoms in total. The van der Waals surface area contributed by atoms with Crippen molar-refractivity contribution in [3.05, 3.63) is 29.6 Å². The van der Waals surface area contributed by atoms with Crippen molar-refractivity contribution in [3.63, 3.8) is 0 Å². The van der Waals surface area contributed by atoms with Crippen LogP contribution < -0.4 is 11.1 Å². The topological polar surface area (TPSA) is 76.7 Å². The first-order valence-corrected chi connectivity index (χ1v) is 6.74. The van der Waals surface area contributed by atoms with E-state index in [0.717, 1.165) is 6.07 Å². The predicted octanol–water partition coefficient (Wildman–Crippen LogP) is 2.67. The molecule has 1 aliphatic rings. The van der Waals surface area contributed by atoms with E-state index in [-0.39, 0.29) is 23.9 Å². The van der Waals surface area contributed by atoms with Crippen molar-refractivity contribution >= 4 is 17.6 Å².